The number of hydrogen-bond acceptors (Lipinski definition) is 2. The fourth-order valence-corrected chi connectivity index (χ4v) is 1.72. The van der Waals surface area contributed by atoms with Crippen LogP contribution >= 0.6 is 0 Å². The lowest BCUT2D eigenvalue weighted by atomic mass is 9.85. The molecule has 1 aliphatic rings. The standard InChI is InChI=1S/C10H14N2O2/c1-11-6-5-9(13)12(10(11)14)7-8-3-2-4-8/h5-6,8H,2-4,7H2,1H3. The van der Waals surface area contributed by atoms with E-state index >= 15 is 0 Å². The highest BCUT2D eigenvalue weighted by molar-refractivity contribution is 4.86. The highest BCUT2D eigenvalue weighted by Crippen LogP contribution is 2.26. The van der Waals surface area contributed by atoms with Crippen LogP contribution in [0, 0.1) is 5.92 Å². The topological polar surface area (TPSA) is 44.0 Å². The Bertz CT molecular complexity index is 440. The van der Waals surface area contributed by atoms with Crippen molar-refractivity contribution in [3.8, 4) is 0 Å². The SMILES string of the molecule is Cn1ccc(=O)n(CC2CCC2)c1=O. The Morgan fingerprint density at radius 2 is 2.14 bits per heavy atom. The van der Waals surface area contributed by atoms with Gasteiger partial charge in [-0.3, -0.25) is 9.36 Å². The first kappa shape index (κ1) is 9.24. The molecule has 0 spiro atoms. The van der Waals surface area contributed by atoms with E-state index < -0.39 is 0 Å². The molecule has 1 aliphatic carbocycles. The van der Waals surface area contributed by atoms with Crippen LogP contribution in [0.2, 0.25) is 0 Å². The molecule has 4 heteroatoms. The molecule has 0 bridgehead atoms. The first-order chi connectivity index (χ1) is 6.68. The van der Waals surface area contributed by atoms with Crippen LogP contribution in [0.15, 0.2) is 21.9 Å². The van der Waals surface area contributed by atoms with E-state index in [4.69, 9.17) is 0 Å². The summed E-state index contributed by atoms with van der Waals surface area (Å²) < 4.78 is 2.78. The van der Waals surface area contributed by atoms with Crippen molar-refractivity contribution in [3.63, 3.8) is 0 Å². The van der Waals surface area contributed by atoms with Gasteiger partial charge in [0.2, 0.25) is 0 Å². The normalized spacial score (nSPS) is 16.6. The fraction of sp³-hybridized carbons (Fsp3) is 0.600. The Hall–Kier alpha value is -1.32. The molecule has 4 nitrogen and oxygen atoms in total. The van der Waals surface area contributed by atoms with E-state index in [0.717, 1.165) is 12.8 Å². The van der Waals surface area contributed by atoms with Crippen molar-refractivity contribution in [3.05, 3.63) is 33.1 Å². The first-order valence-electron chi connectivity index (χ1n) is 4.95. The van der Waals surface area contributed by atoms with E-state index in [1.54, 1.807) is 7.05 Å². The van der Waals surface area contributed by atoms with Gasteiger partial charge in [0.05, 0.1) is 0 Å². The molecule has 0 amide bonds. The van der Waals surface area contributed by atoms with Crippen LogP contribution < -0.4 is 11.2 Å². The number of aryl methyl sites for hydroxylation is 1. The van der Waals surface area contributed by atoms with E-state index in [9.17, 15) is 9.59 Å². The van der Waals surface area contributed by atoms with Crippen LogP contribution in [-0.4, -0.2) is 9.13 Å². The van der Waals surface area contributed by atoms with Gasteiger partial charge in [-0.1, -0.05) is 6.42 Å². The molecule has 1 saturated carbocycles. The third-order valence-corrected chi connectivity index (χ3v) is 2.90. The van der Waals surface area contributed by atoms with Crippen molar-refractivity contribution in [2.24, 2.45) is 13.0 Å². The van der Waals surface area contributed by atoms with Gasteiger partial charge in [0.1, 0.15) is 0 Å². The molecule has 0 atom stereocenters. The smallest absolute Gasteiger partial charge is 0.303 e. The van der Waals surface area contributed by atoms with Gasteiger partial charge in [-0.2, -0.15) is 0 Å². The van der Waals surface area contributed by atoms with E-state index in [0.29, 0.717) is 12.5 Å². The maximum atomic E-state index is 11.6. The summed E-state index contributed by atoms with van der Waals surface area (Å²) in [5.74, 6) is 0.530. The molecule has 1 fully saturated rings. The Morgan fingerprint density at radius 1 is 1.43 bits per heavy atom. The van der Waals surface area contributed by atoms with Crippen molar-refractivity contribution in [1.29, 1.82) is 0 Å². The molecule has 76 valence electrons. The van der Waals surface area contributed by atoms with Gasteiger partial charge in [0.25, 0.3) is 5.56 Å². The van der Waals surface area contributed by atoms with Crippen LogP contribution in [0.1, 0.15) is 19.3 Å². The van der Waals surface area contributed by atoms with E-state index in [1.807, 2.05) is 0 Å². The molecule has 1 aromatic heterocycles. The molecule has 0 saturated heterocycles. The Balaban J connectivity index is 2.35. The maximum absolute atomic E-state index is 11.6. The van der Waals surface area contributed by atoms with Gasteiger partial charge >= 0.3 is 5.69 Å². The number of nitrogens with zero attached hydrogens (tertiary/aromatic N) is 2. The lowest BCUT2D eigenvalue weighted by Gasteiger charge is -2.25. The minimum atomic E-state index is -0.204. The minimum absolute atomic E-state index is 0.181. The molecule has 0 aliphatic heterocycles. The summed E-state index contributed by atoms with van der Waals surface area (Å²) in [6, 6.07) is 1.44. The third kappa shape index (κ3) is 1.52. The quantitative estimate of drug-likeness (QED) is 0.681. The van der Waals surface area contributed by atoms with Gasteiger partial charge in [0, 0.05) is 25.9 Å². The van der Waals surface area contributed by atoms with Crippen molar-refractivity contribution in [2.75, 3.05) is 0 Å². The first-order valence-corrected chi connectivity index (χ1v) is 4.95. The summed E-state index contributed by atoms with van der Waals surface area (Å²) in [5.41, 5.74) is -0.385. The van der Waals surface area contributed by atoms with Gasteiger partial charge < -0.3 is 4.57 Å². The number of hydrogen-bond donors (Lipinski definition) is 0. The van der Waals surface area contributed by atoms with Crippen LogP contribution in [0.4, 0.5) is 0 Å². The molecule has 0 aromatic carbocycles. The average molecular weight is 194 g/mol. The summed E-state index contributed by atoms with van der Waals surface area (Å²) >= 11 is 0. The van der Waals surface area contributed by atoms with E-state index in [2.05, 4.69) is 0 Å². The van der Waals surface area contributed by atoms with Gasteiger partial charge in [0.15, 0.2) is 0 Å². The minimum Gasteiger partial charge on any atom is -0.303 e. The zero-order valence-corrected chi connectivity index (χ0v) is 8.27. The summed E-state index contributed by atoms with van der Waals surface area (Å²) in [6.45, 7) is 0.590. The predicted octanol–water partition coefficient (Wildman–Crippen LogP) is 0.347. The van der Waals surface area contributed by atoms with Gasteiger partial charge in [-0.25, -0.2) is 4.79 Å². The van der Waals surface area contributed by atoms with Crippen LogP contribution in [0.3, 0.4) is 0 Å². The summed E-state index contributed by atoms with van der Waals surface area (Å²) in [6.07, 6.45) is 5.03. The molecular formula is C10H14N2O2. The van der Waals surface area contributed by atoms with E-state index in [1.165, 1.54) is 27.8 Å². The second-order valence-electron chi connectivity index (χ2n) is 3.95. The monoisotopic (exact) mass is 194 g/mol. The molecule has 1 aromatic rings. The zero-order valence-electron chi connectivity index (χ0n) is 8.27. The van der Waals surface area contributed by atoms with Crippen molar-refractivity contribution >= 4 is 0 Å². The second-order valence-corrected chi connectivity index (χ2v) is 3.95. The molecule has 0 N–H and O–H groups in total. The second kappa shape index (κ2) is 3.44. The lowest BCUT2D eigenvalue weighted by molar-refractivity contribution is 0.268. The average Bonchev–Trinajstić information content (AvgIpc) is 2.09. The maximum Gasteiger partial charge on any atom is 0.330 e. The van der Waals surface area contributed by atoms with Crippen molar-refractivity contribution in [1.82, 2.24) is 9.13 Å². The fourth-order valence-electron chi connectivity index (χ4n) is 1.72. The van der Waals surface area contributed by atoms with Crippen molar-refractivity contribution in [2.45, 2.75) is 25.8 Å². The number of rotatable bonds is 2. The van der Waals surface area contributed by atoms with Gasteiger partial charge in [-0.05, 0) is 18.8 Å². The predicted molar refractivity (Wildman–Crippen MR) is 53.3 cm³/mol. The van der Waals surface area contributed by atoms with Gasteiger partial charge in [-0.15, -0.1) is 0 Å². The molecule has 14 heavy (non-hydrogen) atoms. The summed E-state index contributed by atoms with van der Waals surface area (Å²) in [4.78, 5) is 23.0. The largest absolute Gasteiger partial charge is 0.330 e. The number of aromatic nitrogens is 2. The molecule has 0 unspecified atom stereocenters. The van der Waals surface area contributed by atoms with E-state index in [-0.39, 0.29) is 11.2 Å². The highest BCUT2D eigenvalue weighted by atomic mass is 16.2. The third-order valence-electron chi connectivity index (χ3n) is 2.90. The lowest BCUT2D eigenvalue weighted by Crippen LogP contribution is -2.40. The Morgan fingerprint density at radius 3 is 2.71 bits per heavy atom. The summed E-state index contributed by atoms with van der Waals surface area (Å²) in [5, 5.41) is 0. The molecule has 0 radical (unpaired) electrons. The molecule has 2 rings (SSSR count). The molecular weight excluding hydrogens is 180 g/mol. The highest BCUT2D eigenvalue weighted by Gasteiger charge is 2.19. The molecule has 1 heterocycles. The van der Waals surface area contributed by atoms with Crippen molar-refractivity contribution < 1.29 is 0 Å². The van der Waals surface area contributed by atoms with Crippen LogP contribution in [0.25, 0.3) is 0 Å². The summed E-state index contributed by atoms with van der Waals surface area (Å²) in [7, 11) is 1.67. The zero-order chi connectivity index (χ0) is 10.1. The Kier molecular flexibility index (Phi) is 2.27. The van der Waals surface area contributed by atoms with Crippen LogP contribution in [-0.2, 0) is 13.6 Å². The van der Waals surface area contributed by atoms with Crippen LogP contribution in [0.5, 0.6) is 0 Å². The Labute approximate surface area is 81.8 Å².